The number of amides is 2. The molecule has 0 unspecified atom stereocenters. The second-order valence-electron chi connectivity index (χ2n) is 8.12. The Kier molecular flexibility index (Phi) is 5.88. The van der Waals surface area contributed by atoms with Gasteiger partial charge in [0.25, 0.3) is 5.91 Å². The molecule has 10 nitrogen and oxygen atoms in total. The standard InChI is InChI=1S/C22H29N7O3/c1-5-28-18(9-13(2)26-28)21(31)25-22-24-16-10-15(20(23)30)11-17-19(16)29(22)14(3)12-27(17)7-6-8-32-4/h9-11,14H,5-8,12H2,1-4H3,(H2,23,30)(H,24,25,31)/t14-/m0/s1. The minimum absolute atomic E-state index is 0.0580. The van der Waals surface area contributed by atoms with E-state index in [-0.39, 0.29) is 11.9 Å². The average molecular weight is 440 g/mol. The summed E-state index contributed by atoms with van der Waals surface area (Å²) in [6, 6.07) is 5.31. The quantitative estimate of drug-likeness (QED) is 0.520. The summed E-state index contributed by atoms with van der Waals surface area (Å²) in [5.74, 6) is -0.343. The van der Waals surface area contributed by atoms with Gasteiger partial charge in [-0.1, -0.05) is 0 Å². The molecule has 3 aromatic rings. The molecule has 10 heteroatoms. The van der Waals surface area contributed by atoms with Crippen LogP contribution in [0.15, 0.2) is 18.2 Å². The molecule has 1 aliphatic heterocycles. The fourth-order valence-electron chi connectivity index (χ4n) is 4.36. The van der Waals surface area contributed by atoms with Crippen molar-refractivity contribution in [2.45, 2.75) is 39.8 Å². The summed E-state index contributed by atoms with van der Waals surface area (Å²) in [7, 11) is 1.68. The number of carbonyl (C=O) groups excluding carboxylic acids is 2. The Morgan fingerprint density at radius 2 is 2.09 bits per heavy atom. The van der Waals surface area contributed by atoms with Crippen molar-refractivity contribution in [3.63, 3.8) is 0 Å². The van der Waals surface area contributed by atoms with E-state index in [0.717, 1.165) is 29.9 Å². The molecule has 1 atom stereocenters. The number of aryl methyl sites for hydroxylation is 2. The summed E-state index contributed by atoms with van der Waals surface area (Å²) in [6.45, 7) is 8.60. The number of nitrogens with two attached hydrogens (primary N) is 1. The summed E-state index contributed by atoms with van der Waals surface area (Å²) >= 11 is 0. The molecule has 0 aliphatic carbocycles. The van der Waals surface area contributed by atoms with Crippen LogP contribution in [0.5, 0.6) is 0 Å². The van der Waals surface area contributed by atoms with E-state index >= 15 is 0 Å². The van der Waals surface area contributed by atoms with Gasteiger partial charge < -0.3 is 19.9 Å². The van der Waals surface area contributed by atoms with Crippen LogP contribution in [0.1, 0.15) is 52.9 Å². The van der Waals surface area contributed by atoms with Gasteiger partial charge in [-0.2, -0.15) is 5.10 Å². The normalized spacial score (nSPS) is 15.4. The maximum atomic E-state index is 13.1. The largest absolute Gasteiger partial charge is 0.385 e. The highest BCUT2D eigenvalue weighted by Gasteiger charge is 2.29. The third kappa shape index (κ3) is 3.81. The van der Waals surface area contributed by atoms with E-state index in [2.05, 4.69) is 27.2 Å². The lowest BCUT2D eigenvalue weighted by atomic mass is 10.1. The SMILES string of the molecule is CCn1nc(C)cc1C(=O)Nc1nc2cc(C(N)=O)cc3c2n1[C@@H](C)CN3CCCOC. The molecule has 0 bridgehead atoms. The number of rotatable bonds is 8. The second kappa shape index (κ2) is 8.62. The van der Waals surface area contributed by atoms with Crippen molar-refractivity contribution in [2.75, 3.05) is 37.0 Å². The number of benzene rings is 1. The summed E-state index contributed by atoms with van der Waals surface area (Å²) in [5.41, 5.74) is 9.61. The van der Waals surface area contributed by atoms with Crippen LogP contribution in [-0.2, 0) is 11.3 Å². The van der Waals surface area contributed by atoms with Crippen LogP contribution in [0, 0.1) is 6.92 Å². The van der Waals surface area contributed by atoms with E-state index in [1.807, 2.05) is 24.5 Å². The molecule has 0 radical (unpaired) electrons. The van der Waals surface area contributed by atoms with E-state index in [9.17, 15) is 9.59 Å². The highest BCUT2D eigenvalue weighted by molar-refractivity contribution is 6.05. The molecular formula is C22H29N7O3. The molecule has 3 N–H and O–H groups in total. The van der Waals surface area contributed by atoms with Gasteiger partial charge in [0, 0.05) is 38.9 Å². The molecule has 0 saturated heterocycles. The highest BCUT2D eigenvalue weighted by atomic mass is 16.5. The number of nitrogens with zero attached hydrogens (tertiary/aromatic N) is 5. The van der Waals surface area contributed by atoms with Crippen molar-refractivity contribution < 1.29 is 14.3 Å². The van der Waals surface area contributed by atoms with Gasteiger partial charge in [-0.25, -0.2) is 4.98 Å². The number of aromatic nitrogens is 4. The summed E-state index contributed by atoms with van der Waals surface area (Å²) in [4.78, 5) is 31.9. The van der Waals surface area contributed by atoms with Gasteiger partial charge in [0.2, 0.25) is 11.9 Å². The molecule has 3 heterocycles. The first-order valence-electron chi connectivity index (χ1n) is 10.8. The molecule has 32 heavy (non-hydrogen) atoms. The van der Waals surface area contributed by atoms with Crippen LogP contribution >= 0.6 is 0 Å². The molecule has 2 aromatic heterocycles. The predicted octanol–water partition coefficient (Wildman–Crippen LogP) is 2.33. The van der Waals surface area contributed by atoms with Crippen LogP contribution in [0.3, 0.4) is 0 Å². The van der Waals surface area contributed by atoms with Gasteiger partial charge in [0.15, 0.2) is 0 Å². The number of hydrogen-bond donors (Lipinski definition) is 2. The van der Waals surface area contributed by atoms with Crippen molar-refractivity contribution in [1.29, 1.82) is 0 Å². The monoisotopic (exact) mass is 439 g/mol. The zero-order chi connectivity index (χ0) is 23.0. The van der Waals surface area contributed by atoms with Gasteiger partial charge in [0.05, 0.1) is 28.5 Å². The van der Waals surface area contributed by atoms with Crippen LogP contribution in [-0.4, -0.2) is 58.0 Å². The summed E-state index contributed by atoms with van der Waals surface area (Å²) < 4.78 is 8.90. The number of nitrogens with one attached hydrogen (secondary N) is 1. The molecule has 4 rings (SSSR count). The maximum absolute atomic E-state index is 13.1. The molecule has 0 saturated carbocycles. The first-order valence-corrected chi connectivity index (χ1v) is 10.8. The van der Waals surface area contributed by atoms with Crippen molar-refractivity contribution in [3.8, 4) is 0 Å². The number of ether oxygens (including phenoxy) is 1. The minimum atomic E-state index is -0.513. The Bertz CT molecular complexity index is 1180. The third-order valence-corrected chi connectivity index (χ3v) is 5.75. The number of anilines is 2. The lowest BCUT2D eigenvalue weighted by Crippen LogP contribution is -2.36. The Morgan fingerprint density at radius 3 is 2.78 bits per heavy atom. The number of primary amides is 1. The zero-order valence-corrected chi connectivity index (χ0v) is 18.9. The van der Waals surface area contributed by atoms with Crippen LogP contribution < -0.4 is 16.0 Å². The van der Waals surface area contributed by atoms with Crippen molar-refractivity contribution in [2.24, 2.45) is 5.73 Å². The first-order chi connectivity index (χ1) is 15.3. The van der Waals surface area contributed by atoms with E-state index in [0.29, 0.717) is 42.4 Å². The van der Waals surface area contributed by atoms with Crippen LogP contribution in [0.25, 0.3) is 11.0 Å². The average Bonchev–Trinajstić information content (AvgIpc) is 3.31. The molecule has 0 spiro atoms. The van der Waals surface area contributed by atoms with Gasteiger partial charge in [0.1, 0.15) is 5.69 Å². The van der Waals surface area contributed by atoms with Crippen molar-refractivity contribution in [1.82, 2.24) is 19.3 Å². The lowest BCUT2D eigenvalue weighted by molar-refractivity contribution is 0.0996. The van der Waals surface area contributed by atoms with Gasteiger partial charge in [-0.15, -0.1) is 0 Å². The minimum Gasteiger partial charge on any atom is -0.385 e. The maximum Gasteiger partial charge on any atom is 0.276 e. The number of hydrogen-bond acceptors (Lipinski definition) is 6. The topological polar surface area (TPSA) is 120 Å². The Labute approximate surface area is 186 Å². The number of carbonyl (C=O) groups is 2. The first kappa shape index (κ1) is 21.8. The number of imidazole rings is 1. The molecule has 0 fully saturated rings. The Balaban J connectivity index is 1.78. The highest BCUT2D eigenvalue weighted by Crippen LogP contribution is 2.38. The zero-order valence-electron chi connectivity index (χ0n) is 18.9. The van der Waals surface area contributed by atoms with E-state index in [1.54, 1.807) is 23.9 Å². The van der Waals surface area contributed by atoms with Gasteiger partial charge >= 0.3 is 0 Å². The molecule has 2 amide bonds. The fourth-order valence-corrected chi connectivity index (χ4v) is 4.36. The molecule has 1 aromatic carbocycles. The van der Waals surface area contributed by atoms with Crippen LogP contribution in [0.2, 0.25) is 0 Å². The van der Waals surface area contributed by atoms with Crippen molar-refractivity contribution >= 4 is 34.5 Å². The lowest BCUT2D eigenvalue weighted by Gasteiger charge is -2.35. The summed E-state index contributed by atoms with van der Waals surface area (Å²) in [5, 5.41) is 7.31. The van der Waals surface area contributed by atoms with Gasteiger partial charge in [-0.05, 0) is 45.4 Å². The fraction of sp³-hybridized carbons (Fsp3) is 0.455. The van der Waals surface area contributed by atoms with Gasteiger partial charge in [-0.3, -0.25) is 19.6 Å². The van der Waals surface area contributed by atoms with E-state index in [4.69, 9.17) is 10.5 Å². The Hall–Kier alpha value is -3.40. The third-order valence-electron chi connectivity index (χ3n) is 5.75. The summed E-state index contributed by atoms with van der Waals surface area (Å²) in [6.07, 6.45) is 0.851. The molecular weight excluding hydrogens is 410 g/mol. The predicted molar refractivity (Wildman–Crippen MR) is 122 cm³/mol. The van der Waals surface area contributed by atoms with Crippen molar-refractivity contribution in [3.05, 3.63) is 35.2 Å². The molecule has 170 valence electrons. The second-order valence-corrected chi connectivity index (χ2v) is 8.12. The smallest absolute Gasteiger partial charge is 0.276 e. The van der Waals surface area contributed by atoms with E-state index < -0.39 is 5.91 Å². The van der Waals surface area contributed by atoms with Crippen LogP contribution in [0.4, 0.5) is 11.6 Å². The van der Waals surface area contributed by atoms with E-state index in [1.165, 1.54) is 0 Å². The Morgan fingerprint density at radius 1 is 1.31 bits per heavy atom. The molecule has 1 aliphatic rings. The number of methoxy groups -OCH3 is 1.